The van der Waals surface area contributed by atoms with Gasteiger partial charge in [0.15, 0.2) is 11.6 Å². The van der Waals surface area contributed by atoms with Gasteiger partial charge in [-0.2, -0.15) is 0 Å². The van der Waals surface area contributed by atoms with Crippen molar-refractivity contribution >= 4 is 12.2 Å². The van der Waals surface area contributed by atoms with E-state index in [-0.39, 0.29) is 5.92 Å². The quantitative estimate of drug-likeness (QED) is 0.369. The third-order valence-corrected chi connectivity index (χ3v) is 7.76. The molecular weight excluding hydrogens is 452 g/mol. The lowest BCUT2D eigenvalue weighted by molar-refractivity contribution is -0.275. The molecule has 0 radical (unpaired) electrons. The van der Waals surface area contributed by atoms with Crippen LogP contribution in [0.1, 0.15) is 80.9 Å². The minimum Gasteiger partial charge on any atom is -0.403 e. The molecule has 2 aromatic rings. The zero-order valence-electron chi connectivity index (χ0n) is 20.2. The molecule has 0 amide bonds. The summed E-state index contributed by atoms with van der Waals surface area (Å²) < 4.78 is 55.0. The van der Waals surface area contributed by atoms with Gasteiger partial charge in [-0.05, 0) is 111 Å². The lowest BCUT2D eigenvalue weighted by Crippen LogP contribution is -2.25. The Balaban J connectivity index is 1.23. The molecule has 2 fully saturated rings. The number of ether oxygens (including phenoxy) is 1. The van der Waals surface area contributed by atoms with Gasteiger partial charge in [-0.25, -0.2) is 4.39 Å². The van der Waals surface area contributed by atoms with Crippen LogP contribution in [0.15, 0.2) is 54.6 Å². The SMILES string of the molecule is CC=Cc1ccc(/C=C/C2CCC(C3CCC(c4ccc(OC(F)(F)F)c(F)c4)CC3)CC2)cc1. The largest absolute Gasteiger partial charge is 0.573 e. The molecule has 0 unspecified atom stereocenters. The Morgan fingerprint density at radius 3 is 1.89 bits per heavy atom. The fourth-order valence-corrected chi connectivity index (χ4v) is 5.87. The molecule has 1 nitrogen and oxygen atoms in total. The Kier molecular flexibility index (Phi) is 8.35. The molecule has 188 valence electrons. The van der Waals surface area contributed by atoms with E-state index in [0.717, 1.165) is 43.2 Å². The maximum atomic E-state index is 14.1. The van der Waals surface area contributed by atoms with Gasteiger partial charge in [0.25, 0.3) is 0 Å². The van der Waals surface area contributed by atoms with Crippen molar-refractivity contribution in [3.8, 4) is 5.75 Å². The molecule has 2 aromatic carbocycles. The minimum atomic E-state index is -4.88. The number of alkyl halides is 3. The molecule has 0 saturated heterocycles. The number of benzene rings is 2. The Morgan fingerprint density at radius 2 is 1.34 bits per heavy atom. The highest BCUT2D eigenvalue weighted by Gasteiger charge is 2.33. The van der Waals surface area contributed by atoms with Crippen molar-refractivity contribution in [3.63, 3.8) is 0 Å². The van der Waals surface area contributed by atoms with Crippen molar-refractivity contribution in [1.29, 1.82) is 0 Å². The van der Waals surface area contributed by atoms with Crippen LogP contribution in [0.5, 0.6) is 5.75 Å². The van der Waals surface area contributed by atoms with E-state index in [2.05, 4.69) is 47.2 Å². The van der Waals surface area contributed by atoms with E-state index in [1.807, 2.05) is 13.0 Å². The van der Waals surface area contributed by atoms with Crippen LogP contribution in [0, 0.1) is 23.6 Å². The number of allylic oxidation sites excluding steroid dienone is 2. The van der Waals surface area contributed by atoms with E-state index >= 15 is 0 Å². The van der Waals surface area contributed by atoms with E-state index in [4.69, 9.17) is 0 Å². The van der Waals surface area contributed by atoms with Gasteiger partial charge < -0.3 is 4.74 Å². The summed E-state index contributed by atoms with van der Waals surface area (Å²) in [6.45, 7) is 2.02. The summed E-state index contributed by atoms with van der Waals surface area (Å²) in [6, 6.07) is 12.5. The van der Waals surface area contributed by atoms with Crippen molar-refractivity contribution in [1.82, 2.24) is 0 Å². The monoisotopic (exact) mass is 486 g/mol. The summed E-state index contributed by atoms with van der Waals surface area (Å²) in [5.74, 6) is 0.596. The van der Waals surface area contributed by atoms with Crippen LogP contribution < -0.4 is 4.74 Å². The zero-order chi connectivity index (χ0) is 24.8. The molecule has 35 heavy (non-hydrogen) atoms. The van der Waals surface area contributed by atoms with Crippen LogP contribution in [-0.2, 0) is 0 Å². The van der Waals surface area contributed by atoms with Crippen molar-refractivity contribution in [2.45, 2.75) is 70.6 Å². The molecule has 0 aromatic heterocycles. The van der Waals surface area contributed by atoms with Gasteiger partial charge in [0.2, 0.25) is 0 Å². The van der Waals surface area contributed by atoms with Crippen LogP contribution in [0.25, 0.3) is 12.2 Å². The molecule has 0 bridgehead atoms. The van der Waals surface area contributed by atoms with E-state index in [0.29, 0.717) is 11.8 Å². The lowest BCUT2D eigenvalue weighted by Gasteiger charge is -2.37. The zero-order valence-corrected chi connectivity index (χ0v) is 20.2. The molecule has 0 aliphatic heterocycles. The summed E-state index contributed by atoms with van der Waals surface area (Å²) in [6.07, 6.45) is 13.0. The number of rotatable bonds is 6. The molecule has 2 saturated carbocycles. The Hall–Kier alpha value is -2.56. The van der Waals surface area contributed by atoms with E-state index in [9.17, 15) is 17.6 Å². The molecule has 5 heteroatoms. The van der Waals surface area contributed by atoms with Crippen LogP contribution in [0.3, 0.4) is 0 Å². The highest BCUT2D eigenvalue weighted by Crippen LogP contribution is 2.44. The van der Waals surface area contributed by atoms with Crippen molar-refractivity contribution in [2.24, 2.45) is 17.8 Å². The molecule has 0 heterocycles. The highest BCUT2D eigenvalue weighted by molar-refractivity contribution is 5.55. The van der Waals surface area contributed by atoms with Crippen LogP contribution in [0.4, 0.5) is 17.6 Å². The van der Waals surface area contributed by atoms with Gasteiger partial charge in [-0.15, -0.1) is 13.2 Å². The standard InChI is InChI=1S/C30H34F4O/c1-2-3-21-4-6-22(7-5-21)8-9-23-10-12-24(13-11-23)25-14-16-26(17-15-25)27-18-19-29(28(31)20-27)35-30(32,33)34/h2-9,18-20,23-26H,10-17H2,1H3/b3-2?,9-8+. The third kappa shape index (κ3) is 7.22. The fraction of sp³-hybridized carbons (Fsp3) is 0.467. The normalized spacial score (nSPS) is 25.9. The maximum Gasteiger partial charge on any atom is 0.573 e. The van der Waals surface area contributed by atoms with Crippen molar-refractivity contribution in [2.75, 3.05) is 0 Å². The molecule has 2 aliphatic rings. The average Bonchev–Trinajstić information content (AvgIpc) is 2.85. The Morgan fingerprint density at radius 1 is 0.771 bits per heavy atom. The first-order valence-electron chi connectivity index (χ1n) is 12.8. The van der Waals surface area contributed by atoms with Gasteiger partial charge in [0.1, 0.15) is 0 Å². The van der Waals surface area contributed by atoms with Gasteiger partial charge in [0, 0.05) is 0 Å². The highest BCUT2D eigenvalue weighted by atomic mass is 19.4. The minimum absolute atomic E-state index is 0.208. The average molecular weight is 487 g/mol. The first kappa shape index (κ1) is 25.5. The van der Waals surface area contributed by atoms with Gasteiger partial charge in [-0.3, -0.25) is 0 Å². The van der Waals surface area contributed by atoms with E-state index in [1.54, 1.807) is 6.07 Å². The molecule has 4 rings (SSSR count). The maximum absolute atomic E-state index is 14.1. The van der Waals surface area contributed by atoms with E-state index in [1.165, 1.54) is 42.9 Å². The van der Waals surface area contributed by atoms with Gasteiger partial charge in [-0.1, -0.05) is 54.6 Å². The Bertz CT molecular complexity index is 1010. The molecule has 0 atom stereocenters. The number of hydrogen-bond donors (Lipinski definition) is 0. The van der Waals surface area contributed by atoms with Crippen LogP contribution >= 0.6 is 0 Å². The molecular formula is C30H34F4O. The number of hydrogen-bond acceptors (Lipinski definition) is 1. The molecule has 0 spiro atoms. The van der Waals surface area contributed by atoms with Crippen LogP contribution in [0.2, 0.25) is 0 Å². The molecule has 0 N–H and O–H groups in total. The second-order valence-corrected chi connectivity index (χ2v) is 10.1. The summed E-state index contributed by atoms with van der Waals surface area (Å²) in [5, 5.41) is 0. The fourth-order valence-electron chi connectivity index (χ4n) is 5.87. The molecule has 2 aliphatic carbocycles. The predicted molar refractivity (Wildman–Crippen MR) is 133 cm³/mol. The second-order valence-electron chi connectivity index (χ2n) is 10.1. The summed E-state index contributed by atoms with van der Waals surface area (Å²) in [5.41, 5.74) is 3.24. The predicted octanol–water partition coefficient (Wildman–Crippen LogP) is 9.55. The second kappa shape index (κ2) is 11.5. The summed E-state index contributed by atoms with van der Waals surface area (Å²) in [4.78, 5) is 0. The third-order valence-electron chi connectivity index (χ3n) is 7.76. The first-order valence-corrected chi connectivity index (χ1v) is 12.8. The first-order chi connectivity index (χ1) is 16.8. The van der Waals surface area contributed by atoms with Gasteiger partial charge in [0.05, 0.1) is 0 Å². The topological polar surface area (TPSA) is 9.23 Å². The summed E-state index contributed by atoms with van der Waals surface area (Å²) >= 11 is 0. The van der Waals surface area contributed by atoms with Crippen molar-refractivity contribution in [3.05, 3.63) is 77.1 Å². The summed E-state index contributed by atoms with van der Waals surface area (Å²) in [7, 11) is 0. The van der Waals surface area contributed by atoms with E-state index < -0.39 is 17.9 Å². The van der Waals surface area contributed by atoms with Crippen LogP contribution in [-0.4, -0.2) is 6.36 Å². The Labute approximate surface area is 205 Å². The lowest BCUT2D eigenvalue weighted by atomic mass is 9.68. The number of halogens is 4. The van der Waals surface area contributed by atoms with Crippen molar-refractivity contribution < 1.29 is 22.3 Å². The smallest absolute Gasteiger partial charge is 0.403 e. The van der Waals surface area contributed by atoms with Gasteiger partial charge >= 0.3 is 6.36 Å².